The second-order valence-electron chi connectivity index (χ2n) is 4.00. The topological polar surface area (TPSA) is 45.1 Å². The summed E-state index contributed by atoms with van der Waals surface area (Å²) in [5, 5.41) is 12.1. The molecule has 0 aromatic carbocycles. The molecule has 0 amide bonds. The highest BCUT2D eigenvalue weighted by Gasteiger charge is 2.04. The fraction of sp³-hybridized carbons (Fsp3) is 0.583. The fourth-order valence-corrected chi connectivity index (χ4v) is 1.57. The molecule has 0 saturated heterocycles. The van der Waals surface area contributed by atoms with E-state index in [-0.39, 0.29) is 6.61 Å². The Morgan fingerprint density at radius 2 is 2.13 bits per heavy atom. The maximum absolute atomic E-state index is 8.73. The van der Waals surface area contributed by atoms with Crippen LogP contribution in [0.15, 0.2) is 12.1 Å². The number of nitrogens with one attached hydrogen (secondary N) is 1. The van der Waals surface area contributed by atoms with Crippen LogP contribution < -0.4 is 5.32 Å². The number of aryl methyl sites for hydroxylation is 2. The van der Waals surface area contributed by atoms with Gasteiger partial charge >= 0.3 is 0 Å². The van der Waals surface area contributed by atoms with Gasteiger partial charge in [-0.15, -0.1) is 0 Å². The largest absolute Gasteiger partial charge is 0.396 e. The van der Waals surface area contributed by atoms with E-state index in [0.717, 1.165) is 29.9 Å². The van der Waals surface area contributed by atoms with E-state index in [1.165, 1.54) is 0 Å². The van der Waals surface area contributed by atoms with Crippen LogP contribution in [0.5, 0.6) is 0 Å². The second kappa shape index (κ2) is 5.71. The minimum atomic E-state index is 0.261. The lowest BCUT2D eigenvalue weighted by Crippen LogP contribution is -2.16. The Labute approximate surface area is 91.5 Å². The van der Waals surface area contributed by atoms with Crippen molar-refractivity contribution in [3.8, 4) is 0 Å². The third kappa shape index (κ3) is 3.88. The highest BCUT2D eigenvalue weighted by atomic mass is 16.2. The molecule has 0 saturated carbocycles. The smallest absolute Gasteiger partial charge is 0.0606 e. The number of hydrogen-bond acceptors (Lipinski definition) is 3. The Bertz CT molecular complexity index is 312. The number of hydrogen-bond donors (Lipinski definition) is 2. The predicted octanol–water partition coefficient (Wildman–Crippen LogP) is 2.27. The van der Waals surface area contributed by atoms with Crippen molar-refractivity contribution in [1.82, 2.24) is 4.98 Å². The molecule has 0 fully saturated rings. The molecule has 0 bridgehead atoms. The summed E-state index contributed by atoms with van der Waals surface area (Å²) in [5.41, 5.74) is 3.16. The maximum atomic E-state index is 8.73. The number of anilines is 1. The van der Waals surface area contributed by atoms with Crippen molar-refractivity contribution in [2.24, 2.45) is 0 Å². The molecule has 2 N–H and O–H groups in total. The quantitative estimate of drug-likeness (QED) is 0.780. The van der Waals surface area contributed by atoms with Gasteiger partial charge in [0.25, 0.3) is 0 Å². The van der Waals surface area contributed by atoms with E-state index in [0.29, 0.717) is 6.04 Å². The zero-order chi connectivity index (χ0) is 11.3. The molecule has 0 aliphatic carbocycles. The summed E-state index contributed by atoms with van der Waals surface area (Å²) in [6.07, 6.45) is 1.82. The summed E-state index contributed by atoms with van der Waals surface area (Å²) in [6, 6.07) is 4.45. The van der Waals surface area contributed by atoms with Crippen molar-refractivity contribution in [3.05, 3.63) is 23.5 Å². The first-order chi connectivity index (χ1) is 7.13. The Hall–Kier alpha value is -1.09. The Balaban J connectivity index is 2.56. The van der Waals surface area contributed by atoms with E-state index in [2.05, 4.69) is 23.3 Å². The van der Waals surface area contributed by atoms with Gasteiger partial charge in [0.2, 0.25) is 0 Å². The standard InChI is InChI=1S/C12H20N2O/c1-9(5-4-8-15)14-12-7-6-10(2)13-11(12)3/h6-7,9,14-15H,4-5,8H2,1-3H3. The van der Waals surface area contributed by atoms with Crippen molar-refractivity contribution in [1.29, 1.82) is 0 Å². The maximum Gasteiger partial charge on any atom is 0.0606 e. The lowest BCUT2D eigenvalue weighted by atomic mass is 10.1. The van der Waals surface area contributed by atoms with Gasteiger partial charge in [-0.3, -0.25) is 4.98 Å². The molecule has 1 rings (SSSR count). The lowest BCUT2D eigenvalue weighted by molar-refractivity contribution is 0.282. The molecule has 0 spiro atoms. The van der Waals surface area contributed by atoms with Gasteiger partial charge < -0.3 is 10.4 Å². The zero-order valence-corrected chi connectivity index (χ0v) is 9.75. The van der Waals surface area contributed by atoms with Crippen LogP contribution in [0.25, 0.3) is 0 Å². The summed E-state index contributed by atoms with van der Waals surface area (Å²) in [7, 11) is 0. The summed E-state index contributed by atoms with van der Waals surface area (Å²) in [5.74, 6) is 0. The first-order valence-electron chi connectivity index (χ1n) is 5.45. The minimum absolute atomic E-state index is 0.261. The van der Waals surface area contributed by atoms with Crippen molar-refractivity contribution in [2.45, 2.75) is 39.7 Å². The van der Waals surface area contributed by atoms with E-state index in [1.807, 2.05) is 19.9 Å². The van der Waals surface area contributed by atoms with Gasteiger partial charge in [-0.2, -0.15) is 0 Å². The van der Waals surface area contributed by atoms with Gasteiger partial charge in [0.05, 0.1) is 11.4 Å². The molecule has 1 unspecified atom stereocenters. The molecule has 0 aliphatic heterocycles. The molecular formula is C12H20N2O. The SMILES string of the molecule is Cc1ccc(NC(C)CCCO)c(C)n1. The van der Waals surface area contributed by atoms with E-state index >= 15 is 0 Å². The number of nitrogens with zero attached hydrogens (tertiary/aromatic N) is 1. The second-order valence-corrected chi connectivity index (χ2v) is 4.00. The Morgan fingerprint density at radius 1 is 1.40 bits per heavy atom. The molecule has 1 heterocycles. The van der Waals surface area contributed by atoms with Crippen molar-refractivity contribution >= 4 is 5.69 Å². The molecule has 0 aliphatic rings. The van der Waals surface area contributed by atoms with Crippen LogP contribution in [0, 0.1) is 13.8 Å². The molecule has 15 heavy (non-hydrogen) atoms. The van der Waals surface area contributed by atoms with Gasteiger partial charge in [-0.05, 0) is 45.7 Å². The van der Waals surface area contributed by atoms with Gasteiger partial charge in [-0.25, -0.2) is 0 Å². The van der Waals surface area contributed by atoms with Gasteiger partial charge in [0, 0.05) is 18.3 Å². The highest BCUT2D eigenvalue weighted by molar-refractivity contribution is 5.48. The number of rotatable bonds is 5. The van der Waals surface area contributed by atoms with Crippen molar-refractivity contribution in [3.63, 3.8) is 0 Å². The van der Waals surface area contributed by atoms with Crippen molar-refractivity contribution in [2.75, 3.05) is 11.9 Å². The summed E-state index contributed by atoms with van der Waals surface area (Å²) in [4.78, 5) is 4.40. The van der Waals surface area contributed by atoms with E-state index in [9.17, 15) is 0 Å². The average molecular weight is 208 g/mol. The van der Waals surface area contributed by atoms with Crippen LogP contribution in [0.1, 0.15) is 31.2 Å². The van der Waals surface area contributed by atoms with Crippen LogP contribution in [0.4, 0.5) is 5.69 Å². The first kappa shape index (κ1) is 12.0. The monoisotopic (exact) mass is 208 g/mol. The normalized spacial score (nSPS) is 12.5. The molecule has 3 nitrogen and oxygen atoms in total. The molecule has 0 radical (unpaired) electrons. The summed E-state index contributed by atoms with van der Waals surface area (Å²) in [6.45, 7) is 6.38. The predicted molar refractivity (Wildman–Crippen MR) is 63.1 cm³/mol. The number of pyridine rings is 1. The van der Waals surface area contributed by atoms with Crippen LogP contribution in [-0.4, -0.2) is 22.7 Å². The Kier molecular flexibility index (Phi) is 4.56. The first-order valence-corrected chi connectivity index (χ1v) is 5.45. The third-order valence-electron chi connectivity index (χ3n) is 2.42. The van der Waals surface area contributed by atoms with Gasteiger partial charge in [0.1, 0.15) is 0 Å². The molecule has 3 heteroatoms. The average Bonchev–Trinajstić information content (AvgIpc) is 2.19. The van der Waals surface area contributed by atoms with Gasteiger partial charge in [-0.1, -0.05) is 0 Å². The van der Waals surface area contributed by atoms with E-state index < -0.39 is 0 Å². The molecule has 1 aromatic rings. The van der Waals surface area contributed by atoms with Crippen LogP contribution in [0.3, 0.4) is 0 Å². The molecule has 1 atom stereocenters. The molecule has 84 valence electrons. The highest BCUT2D eigenvalue weighted by Crippen LogP contribution is 2.15. The van der Waals surface area contributed by atoms with Crippen LogP contribution in [-0.2, 0) is 0 Å². The Morgan fingerprint density at radius 3 is 2.73 bits per heavy atom. The summed E-state index contributed by atoms with van der Waals surface area (Å²) < 4.78 is 0. The summed E-state index contributed by atoms with van der Waals surface area (Å²) >= 11 is 0. The number of aliphatic hydroxyl groups is 1. The van der Waals surface area contributed by atoms with Crippen LogP contribution in [0.2, 0.25) is 0 Å². The number of aromatic nitrogens is 1. The van der Waals surface area contributed by atoms with E-state index in [4.69, 9.17) is 5.11 Å². The third-order valence-corrected chi connectivity index (χ3v) is 2.42. The number of aliphatic hydroxyl groups excluding tert-OH is 1. The van der Waals surface area contributed by atoms with E-state index in [1.54, 1.807) is 0 Å². The fourth-order valence-electron chi connectivity index (χ4n) is 1.57. The molecular weight excluding hydrogens is 188 g/mol. The molecule has 1 aromatic heterocycles. The van der Waals surface area contributed by atoms with Gasteiger partial charge in [0.15, 0.2) is 0 Å². The van der Waals surface area contributed by atoms with Crippen LogP contribution >= 0.6 is 0 Å². The minimum Gasteiger partial charge on any atom is -0.396 e. The van der Waals surface area contributed by atoms with Crippen molar-refractivity contribution < 1.29 is 5.11 Å². The lowest BCUT2D eigenvalue weighted by Gasteiger charge is -2.16. The zero-order valence-electron chi connectivity index (χ0n) is 9.75.